The molecule has 3 rings (SSSR count). The highest BCUT2D eigenvalue weighted by atomic mass is 16.5. The first kappa shape index (κ1) is 18.6. The van der Waals surface area contributed by atoms with Crippen LogP contribution in [0.4, 0.5) is 5.69 Å². The molecule has 0 saturated carbocycles. The Balaban J connectivity index is 1.46. The molecule has 0 spiro atoms. The summed E-state index contributed by atoms with van der Waals surface area (Å²) in [6, 6.07) is 16.2. The van der Waals surface area contributed by atoms with Gasteiger partial charge in [-0.05, 0) is 37.1 Å². The van der Waals surface area contributed by atoms with Gasteiger partial charge >= 0.3 is 0 Å². The van der Waals surface area contributed by atoms with Crippen molar-refractivity contribution in [2.75, 3.05) is 25.0 Å². The van der Waals surface area contributed by atoms with E-state index in [-0.39, 0.29) is 24.3 Å². The topological polar surface area (TPSA) is 75.7 Å². The van der Waals surface area contributed by atoms with Crippen molar-refractivity contribution in [3.8, 4) is 5.75 Å². The third-order valence-electron chi connectivity index (χ3n) is 4.66. The van der Waals surface area contributed by atoms with E-state index in [9.17, 15) is 14.4 Å². The number of anilines is 1. The molecule has 1 aliphatic rings. The lowest BCUT2D eigenvalue weighted by atomic mass is 9.95. The number of carbonyl (C=O) groups excluding carboxylic acids is 3. The van der Waals surface area contributed by atoms with Crippen LogP contribution in [0, 0.1) is 5.92 Å². The van der Waals surface area contributed by atoms with E-state index < -0.39 is 0 Å². The van der Waals surface area contributed by atoms with E-state index in [1.807, 2.05) is 30.3 Å². The van der Waals surface area contributed by atoms with Crippen molar-refractivity contribution in [3.05, 3.63) is 60.2 Å². The second kappa shape index (κ2) is 8.98. The maximum atomic E-state index is 12.4. The Morgan fingerprint density at radius 3 is 2.41 bits per heavy atom. The van der Waals surface area contributed by atoms with Crippen molar-refractivity contribution in [2.24, 2.45) is 5.92 Å². The Bertz CT molecular complexity index is 799. The Hall–Kier alpha value is -3.15. The van der Waals surface area contributed by atoms with Crippen molar-refractivity contribution < 1.29 is 19.1 Å². The lowest BCUT2D eigenvalue weighted by Crippen LogP contribution is -2.43. The smallest absolute Gasteiger partial charge is 0.260 e. The Morgan fingerprint density at radius 1 is 1.04 bits per heavy atom. The van der Waals surface area contributed by atoms with Crippen LogP contribution in [-0.2, 0) is 9.59 Å². The lowest BCUT2D eigenvalue weighted by Gasteiger charge is -2.31. The van der Waals surface area contributed by atoms with Gasteiger partial charge in [0.2, 0.25) is 5.91 Å². The zero-order valence-corrected chi connectivity index (χ0v) is 15.0. The van der Waals surface area contributed by atoms with Gasteiger partial charge in [0.25, 0.3) is 5.91 Å². The summed E-state index contributed by atoms with van der Waals surface area (Å²) in [5.74, 6) is 0.144. The van der Waals surface area contributed by atoms with Crippen molar-refractivity contribution in [1.82, 2.24) is 4.90 Å². The fraction of sp³-hybridized carbons (Fsp3) is 0.286. The number of para-hydroxylation sites is 2. The molecule has 0 unspecified atom stereocenters. The highest BCUT2D eigenvalue weighted by Gasteiger charge is 2.27. The van der Waals surface area contributed by atoms with Gasteiger partial charge in [0.1, 0.15) is 5.75 Å². The highest BCUT2D eigenvalue weighted by Crippen LogP contribution is 2.20. The zero-order valence-electron chi connectivity index (χ0n) is 15.0. The summed E-state index contributed by atoms with van der Waals surface area (Å²) >= 11 is 0. The first-order valence-electron chi connectivity index (χ1n) is 8.98. The van der Waals surface area contributed by atoms with E-state index in [2.05, 4.69) is 5.32 Å². The predicted octanol–water partition coefficient (Wildman–Crippen LogP) is 2.76. The maximum Gasteiger partial charge on any atom is 0.260 e. The van der Waals surface area contributed by atoms with E-state index in [1.165, 1.54) is 0 Å². The Morgan fingerprint density at radius 2 is 1.70 bits per heavy atom. The molecular formula is C21H22N2O4. The second-order valence-electron chi connectivity index (χ2n) is 6.45. The molecule has 0 bridgehead atoms. The summed E-state index contributed by atoms with van der Waals surface area (Å²) in [4.78, 5) is 37.4. The molecule has 6 nitrogen and oxygen atoms in total. The van der Waals surface area contributed by atoms with Crippen molar-refractivity contribution >= 4 is 23.8 Å². The zero-order chi connectivity index (χ0) is 19.1. The number of rotatable bonds is 6. The second-order valence-corrected chi connectivity index (χ2v) is 6.45. The fourth-order valence-electron chi connectivity index (χ4n) is 3.10. The van der Waals surface area contributed by atoms with Crippen LogP contribution in [0.2, 0.25) is 0 Å². The number of nitrogens with one attached hydrogen (secondary N) is 1. The van der Waals surface area contributed by atoms with Crippen LogP contribution in [-0.4, -0.2) is 42.7 Å². The molecule has 2 aromatic rings. The number of likely N-dealkylation sites (tertiary alicyclic amines) is 1. The van der Waals surface area contributed by atoms with Crippen LogP contribution in [0.5, 0.6) is 5.75 Å². The standard InChI is InChI=1S/C21H22N2O4/c24-14-17-6-4-5-9-19(17)27-15-20(25)23-12-10-16(11-13-23)21(26)22-18-7-2-1-3-8-18/h1-9,14,16H,10-13,15H2,(H,22,26). The van der Waals surface area contributed by atoms with Crippen LogP contribution >= 0.6 is 0 Å². The molecule has 0 atom stereocenters. The average Bonchev–Trinajstić information content (AvgIpc) is 2.73. The largest absolute Gasteiger partial charge is 0.483 e. The molecule has 0 aliphatic carbocycles. The van der Waals surface area contributed by atoms with E-state index in [1.54, 1.807) is 29.2 Å². The minimum atomic E-state index is -0.141. The molecule has 0 aromatic heterocycles. The van der Waals surface area contributed by atoms with Gasteiger partial charge in [0.15, 0.2) is 12.9 Å². The highest BCUT2D eigenvalue weighted by molar-refractivity contribution is 5.92. The molecule has 2 amide bonds. The Labute approximate surface area is 158 Å². The van der Waals surface area contributed by atoms with Gasteiger partial charge in [-0.2, -0.15) is 0 Å². The predicted molar refractivity (Wildman–Crippen MR) is 102 cm³/mol. The van der Waals surface area contributed by atoms with Gasteiger partial charge in [0.05, 0.1) is 5.56 Å². The molecular weight excluding hydrogens is 344 g/mol. The summed E-state index contributed by atoms with van der Waals surface area (Å²) in [7, 11) is 0. The van der Waals surface area contributed by atoms with Crippen LogP contribution in [0.15, 0.2) is 54.6 Å². The number of nitrogens with zero attached hydrogens (tertiary/aromatic N) is 1. The SMILES string of the molecule is O=Cc1ccccc1OCC(=O)N1CCC(C(=O)Nc2ccccc2)CC1. The molecule has 140 valence electrons. The van der Waals surface area contributed by atoms with E-state index >= 15 is 0 Å². The number of benzene rings is 2. The molecule has 0 radical (unpaired) electrons. The molecule has 2 aromatic carbocycles. The van der Waals surface area contributed by atoms with Crippen molar-refractivity contribution in [3.63, 3.8) is 0 Å². The van der Waals surface area contributed by atoms with Gasteiger partial charge in [0, 0.05) is 24.7 Å². The van der Waals surface area contributed by atoms with E-state index in [0.717, 1.165) is 5.69 Å². The summed E-state index contributed by atoms with van der Waals surface area (Å²) in [5, 5.41) is 2.91. The number of hydrogen-bond donors (Lipinski definition) is 1. The van der Waals surface area contributed by atoms with Crippen LogP contribution in [0.3, 0.4) is 0 Å². The van der Waals surface area contributed by atoms with Gasteiger partial charge < -0.3 is 15.0 Å². The lowest BCUT2D eigenvalue weighted by molar-refractivity contribution is -0.136. The molecule has 6 heteroatoms. The first-order valence-corrected chi connectivity index (χ1v) is 8.98. The van der Waals surface area contributed by atoms with Crippen LogP contribution in [0.1, 0.15) is 23.2 Å². The summed E-state index contributed by atoms with van der Waals surface area (Å²) < 4.78 is 5.49. The van der Waals surface area contributed by atoms with Crippen molar-refractivity contribution in [1.29, 1.82) is 0 Å². The van der Waals surface area contributed by atoms with Crippen LogP contribution < -0.4 is 10.1 Å². The molecule has 1 heterocycles. The van der Waals surface area contributed by atoms with Gasteiger partial charge in [-0.15, -0.1) is 0 Å². The van der Waals surface area contributed by atoms with Crippen molar-refractivity contribution in [2.45, 2.75) is 12.8 Å². The first-order chi connectivity index (χ1) is 13.2. The van der Waals surface area contributed by atoms with Gasteiger partial charge in [-0.25, -0.2) is 0 Å². The number of aldehydes is 1. The third-order valence-corrected chi connectivity index (χ3v) is 4.66. The van der Waals surface area contributed by atoms with Gasteiger partial charge in [-0.1, -0.05) is 30.3 Å². The number of hydrogen-bond acceptors (Lipinski definition) is 4. The third kappa shape index (κ3) is 4.94. The number of carbonyl (C=O) groups is 3. The number of amides is 2. The molecule has 1 fully saturated rings. The quantitative estimate of drug-likeness (QED) is 0.798. The van der Waals surface area contributed by atoms with E-state index in [4.69, 9.17) is 4.74 Å². The Kier molecular flexibility index (Phi) is 6.20. The fourth-order valence-corrected chi connectivity index (χ4v) is 3.10. The molecule has 1 aliphatic heterocycles. The van der Waals surface area contributed by atoms with E-state index in [0.29, 0.717) is 43.5 Å². The molecule has 1 saturated heterocycles. The summed E-state index contributed by atoms with van der Waals surface area (Å²) in [6.45, 7) is 0.917. The monoisotopic (exact) mass is 366 g/mol. The van der Waals surface area contributed by atoms with Crippen LogP contribution in [0.25, 0.3) is 0 Å². The number of piperidine rings is 1. The molecule has 1 N–H and O–H groups in total. The minimum Gasteiger partial charge on any atom is -0.483 e. The summed E-state index contributed by atoms with van der Waals surface area (Å²) in [5.41, 5.74) is 1.20. The number of ether oxygens (including phenoxy) is 1. The maximum absolute atomic E-state index is 12.4. The average molecular weight is 366 g/mol. The van der Waals surface area contributed by atoms with Gasteiger partial charge in [-0.3, -0.25) is 14.4 Å². The minimum absolute atomic E-state index is 0.00976. The summed E-state index contributed by atoms with van der Waals surface area (Å²) in [6.07, 6.45) is 1.95. The molecule has 27 heavy (non-hydrogen) atoms. The normalized spacial score (nSPS) is 14.4.